The van der Waals surface area contributed by atoms with Gasteiger partial charge < -0.3 is 4.74 Å². The van der Waals surface area contributed by atoms with E-state index in [1.807, 2.05) is 0 Å². The smallest absolute Gasteiger partial charge is 0.0867 e. The Hall–Kier alpha value is -0.0400. The highest BCUT2D eigenvalue weighted by atomic mass is 16.6. The standard InChI is InChI=1S/C9H18O/c1-5-6(2)7(3)9-8(4)10-9/h6-9H,5H2,1-4H3. The third-order valence-electron chi connectivity index (χ3n) is 2.82. The molecular weight excluding hydrogens is 124 g/mol. The Morgan fingerprint density at radius 2 is 1.90 bits per heavy atom. The van der Waals surface area contributed by atoms with Crippen LogP contribution in [-0.4, -0.2) is 12.2 Å². The molecule has 0 N–H and O–H groups in total. The molecule has 1 heteroatoms. The van der Waals surface area contributed by atoms with Crippen LogP contribution in [0.2, 0.25) is 0 Å². The maximum atomic E-state index is 5.40. The van der Waals surface area contributed by atoms with Gasteiger partial charge in [0.2, 0.25) is 0 Å². The van der Waals surface area contributed by atoms with Crippen molar-refractivity contribution in [3.05, 3.63) is 0 Å². The minimum absolute atomic E-state index is 0.531. The molecule has 1 nitrogen and oxygen atoms in total. The lowest BCUT2D eigenvalue weighted by molar-refractivity contribution is 0.270. The van der Waals surface area contributed by atoms with Gasteiger partial charge in [-0.05, 0) is 18.8 Å². The van der Waals surface area contributed by atoms with E-state index in [2.05, 4.69) is 27.7 Å². The van der Waals surface area contributed by atoms with Crippen molar-refractivity contribution in [2.24, 2.45) is 11.8 Å². The van der Waals surface area contributed by atoms with Gasteiger partial charge in [-0.2, -0.15) is 0 Å². The van der Waals surface area contributed by atoms with Crippen molar-refractivity contribution in [1.82, 2.24) is 0 Å². The first kappa shape index (κ1) is 8.06. The molecule has 1 rings (SSSR count). The van der Waals surface area contributed by atoms with Crippen LogP contribution in [0.1, 0.15) is 34.1 Å². The van der Waals surface area contributed by atoms with Crippen LogP contribution in [0.25, 0.3) is 0 Å². The topological polar surface area (TPSA) is 12.5 Å². The normalized spacial score (nSPS) is 37.2. The predicted molar refractivity (Wildman–Crippen MR) is 43.0 cm³/mol. The van der Waals surface area contributed by atoms with Gasteiger partial charge in [0.1, 0.15) is 0 Å². The van der Waals surface area contributed by atoms with Gasteiger partial charge >= 0.3 is 0 Å². The van der Waals surface area contributed by atoms with E-state index >= 15 is 0 Å². The van der Waals surface area contributed by atoms with Crippen molar-refractivity contribution in [3.63, 3.8) is 0 Å². The molecule has 60 valence electrons. The van der Waals surface area contributed by atoms with Crippen LogP contribution in [0.3, 0.4) is 0 Å². The second kappa shape index (κ2) is 2.91. The lowest BCUT2D eigenvalue weighted by atomic mass is 9.90. The molecule has 1 fully saturated rings. The zero-order valence-corrected chi connectivity index (χ0v) is 7.42. The molecule has 0 amide bonds. The SMILES string of the molecule is CCC(C)C(C)C1OC1C. The Morgan fingerprint density at radius 1 is 1.40 bits per heavy atom. The van der Waals surface area contributed by atoms with Crippen molar-refractivity contribution < 1.29 is 4.74 Å². The highest BCUT2D eigenvalue weighted by Crippen LogP contribution is 2.33. The van der Waals surface area contributed by atoms with E-state index < -0.39 is 0 Å². The van der Waals surface area contributed by atoms with Crippen molar-refractivity contribution in [1.29, 1.82) is 0 Å². The molecule has 0 aromatic rings. The Kier molecular flexibility index (Phi) is 2.35. The Morgan fingerprint density at radius 3 is 2.20 bits per heavy atom. The lowest BCUT2D eigenvalue weighted by Gasteiger charge is -2.15. The van der Waals surface area contributed by atoms with Gasteiger partial charge in [0.15, 0.2) is 0 Å². The summed E-state index contributed by atoms with van der Waals surface area (Å²) in [6, 6.07) is 0. The second-order valence-corrected chi connectivity index (χ2v) is 3.55. The zero-order chi connectivity index (χ0) is 7.72. The molecule has 0 saturated carbocycles. The Bertz CT molecular complexity index is 107. The number of hydrogen-bond donors (Lipinski definition) is 0. The van der Waals surface area contributed by atoms with Gasteiger partial charge in [0, 0.05) is 0 Å². The summed E-state index contributed by atoms with van der Waals surface area (Å²) in [7, 11) is 0. The molecule has 0 aromatic heterocycles. The van der Waals surface area contributed by atoms with Crippen LogP contribution in [-0.2, 0) is 4.74 Å². The van der Waals surface area contributed by atoms with Crippen molar-refractivity contribution in [3.8, 4) is 0 Å². The van der Waals surface area contributed by atoms with Gasteiger partial charge in [-0.3, -0.25) is 0 Å². The maximum Gasteiger partial charge on any atom is 0.0867 e. The molecule has 0 bridgehead atoms. The second-order valence-electron chi connectivity index (χ2n) is 3.55. The third kappa shape index (κ3) is 1.51. The van der Waals surface area contributed by atoms with Gasteiger partial charge in [-0.15, -0.1) is 0 Å². The number of ether oxygens (including phenoxy) is 1. The van der Waals surface area contributed by atoms with Crippen LogP contribution in [0.4, 0.5) is 0 Å². The van der Waals surface area contributed by atoms with Crippen molar-refractivity contribution in [2.45, 2.75) is 46.3 Å². The monoisotopic (exact) mass is 142 g/mol. The van der Waals surface area contributed by atoms with Crippen LogP contribution >= 0.6 is 0 Å². The summed E-state index contributed by atoms with van der Waals surface area (Å²) >= 11 is 0. The van der Waals surface area contributed by atoms with Crippen LogP contribution in [0, 0.1) is 11.8 Å². The fraction of sp³-hybridized carbons (Fsp3) is 1.00. The summed E-state index contributed by atoms with van der Waals surface area (Å²) in [5, 5.41) is 0. The van der Waals surface area contributed by atoms with Gasteiger partial charge in [-0.25, -0.2) is 0 Å². The molecule has 1 saturated heterocycles. The molecule has 1 aliphatic heterocycles. The van der Waals surface area contributed by atoms with Crippen molar-refractivity contribution in [2.75, 3.05) is 0 Å². The summed E-state index contributed by atoms with van der Waals surface area (Å²) in [5.74, 6) is 1.56. The van der Waals surface area contributed by atoms with Gasteiger partial charge in [0.25, 0.3) is 0 Å². The number of epoxide rings is 1. The molecule has 4 atom stereocenters. The maximum absolute atomic E-state index is 5.40. The minimum atomic E-state index is 0.531. The molecule has 0 aliphatic carbocycles. The summed E-state index contributed by atoms with van der Waals surface area (Å²) < 4.78 is 5.40. The van der Waals surface area contributed by atoms with Gasteiger partial charge in [0.05, 0.1) is 12.2 Å². The largest absolute Gasteiger partial charge is 0.370 e. The molecule has 0 aromatic carbocycles. The molecule has 1 heterocycles. The Labute approximate surface area is 63.8 Å². The zero-order valence-electron chi connectivity index (χ0n) is 7.42. The van der Waals surface area contributed by atoms with Crippen LogP contribution in [0.15, 0.2) is 0 Å². The molecule has 0 spiro atoms. The highest BCUT2D eigenvalue weighted by molar-refractivity contribution is 4.86. The molecular formula is C9H18O. The number of rotatable bonds is 3. The van der Waals surface area contributed by atoms with E-state index in [0.717, 1.165) is 11.8 Å². The highest BCUT2D eigenvalue weighted by Gasteiger charge is 2.40. The van der Waals surface area contributed by atoms with Crippen LogP contribution in [0.5, 0.6) is 0 Å². The van der Waals surface area contributed by atoms with Crippen LogP contribution < -0.4 is 0 Å². The van der Waals surface area contributed by atoms with E-state index in [4.69, 9.17) is 4.74 Å². The molecule has 1 aliphatic rings. The summed E-state index contributed by atoms with van der Waals surface area (Å²) in [5.41, 5.74) is 0. The molecule has 0 radical (unpaired) electrons. The quantitative estimate of drug-likeness (QED) is 0.551. The first-order chi connectivity index (χ1) is 4.66. The Balaban J connectivity index is 2.27. The first-order valence-electron chi connectivity index (χ1n) is 4.32. The average Bonchev–Trinajstić information content (AvgIpc) is 2.63. The predicted octanol–water partition coefficient (Wildman–Crippen LogP) is 2.46. The van der Waals surface area contributed by atoms with E-state index in [1.165, 1.54) is 6.42 Å². The van der Waals surface area contributed by atoms with E-state index in [0.29, 0.717) is 12.2 Å². The number of hydrogen-bond acceptors (Lipinski definition) is 1. The minimum Gasteiger partial charge on any atom is -0.370 e. The molecule has 4 unspecified atom stereocenters. The summed E-state index contributed by atoms with van der Waals surface area (Å²) in [4.78, 5) is 0. The van der Waals surface area contributed by atoms with Crippen molar-refractivity contribution >= 4 is 0 Å². The molecule has 10 heavy (non-hydrogen) atoms. The van der Waals surface area contributed by atoms with E-state index in [9.17, 15) is 0 Å². The summed E-state index contributed by atoms with van der Waals surface area (Å²) in [6.07, 6.45) is 2.37. The fourth-order valence-electron chi connectivity index (χ4n) is 1.45. The first-order valence-corrected chi connectivity index (χ1v) is 4.32. The van der Waals surface area contributed by atoms with E-state index in [1.54, 1.807) is 0 Å². The fourth-order valence-corrected chi connectivity index (χ4v) is 1.45. The average molecular weight is 142 g/mol. The van der Waals surface area contributed by atoms with Gasteiger partial charge in [-0.1, -0.05) is 27.2 Å². The van der Waals surface area contributed by atoms with E-state index in [-0.39, 0.29) is 0 Å². The lowest BCUT2D eigenvalue weighted by Crippen LogP contribution is -2.14. The summed E-state index contributed by atoms with van der Waals surface area (Å²) in [6.45, 7) is 9.00. The third-order valence-corrected chi connectivity index (χ3v) is 2.82.